The number of carbonyl (C=O) groups excluding carboxylic acids is 2. The summed E-state index contributed by atoms with van der Waals surface area (Å²) in [7, 11) is 0. The van der Waals surface area contributed by atoms with Gasteiger partial charge in [0.25, 0.3) is 0 Å². The Morgan fingerprint density at radius 2 is 1.04 bits per heavy atom. The smallest absolute Gasteiger partial charge is 0.163 e. The highest BCUT2D eigenvalue weighted by Crippen LogP contribution is 2.12. The highest BCUT2D eigenvalue weighted by molar-refractivity contribution is 9.10. The van der Waals surface area contributed by atoms with Gasteiger partial charge in [-0.25, -0.2) is 0 Å². The number of carbonyl (C=O) groups is 2. The van der Waals surface area contributed by atoms with Crippen LogP contribution in [0, 0.1) is 0 Å². The van der Waals surface area contributed by atoms with Gasteiger partial charge in [-0.2, -0.15) is 0 Å². The Hall–Kier alpha value is -1.78. The molecule has 0 aromatic heterocycles. The van der Waals surface area contributed by atoms with E-state index in [1.807, 2.05) is 48.5 Å². The van der Waals surface area contributed by atoms with Crippen molar-refractivity contribution in [1.29, 1.82) is 0 Å². The van der Waals surface area contributed by atoms with Gasteiger partial charge in [0.05, 0.1) is 6.42 Å². The van der Waals surface area contributed by atoms with Gasteiger partial charge in [-0.05, 0) is 47.5 Å². The van der Waals surface area contributed by atoms with Crippen molar-refractivity contribution < 1.29 is 9.59 Å². The van der Waals surface area contributed by atoms with Crippen LogP contribution in [-0.2, 0) is 9.59 Å². The summed E-state index contributed by atoms with van der Waals surface area (Å²) >= 11 is 6.71. The third-order valence-corrected chi connectivity index (χ3v) is 4.07. The first-order chi connectivity index (χ1) is 11.0. The first kappa shape index (κ1) is 17.6. The van der Waals surface area contributed by atoms with Crippen molar-refractivity contribution in [1.82, 2.24) is 0 Å². The average Bonchev–Trinajstić information content (AvgIpc) is 2.54. The van der Waals surface area contributed by atoms with Crippen molar-refractivity contribution in [3.05, 3.63) is 80.8 Å². The number of ketones is 2. The number of hydrogen-bond acceptors (Lipinski definition) is 2. The summed E-state index contributed by atoms with van der Waals surface area (Å²) in [6.45, 7) is 0. The van der Waals surface area contributed by atoms with E-state index in [1.165, 1.54) is 12.2 Å². The Morgan fingerprint density at radius 1 is 0.696 bits per heavy atom. The van der Waals surface area contributed by atoms with Gasteiger partial charge >= 0.3 is 0 Å². The van der Waals surface area contributed by atoms with Crippen molar-refractivity contribution in [2.24, 2.45) is 0 Å². The lowest BCUT2D eigenvalue weighted by Crippen LogP contribution is -2.01. The van der Waals surface area contributed by atoms with Crippen LogP contribution in [0.3, 0.4) is 0 Å². The number of rotatable bonds is 6. The van der Waals surface area contributed by atoms with Crippen molar-refractivity contribution in [3.63, 3.8) is 0 Å². The third kappa shape index (κ3) is 6.47. The fraction of sp³-hybridized carbons (Fsp3) is 0.0526. The second-order valence-corrected chi connectivity index (χ2v) is 6.71. The predicted molar refractivity (Wildman–Crippen MR) is 101 cm³/mol. The molecule has 0 atom stereocenters. The fourth-order valence-electron chi connectivity index (χ4n) is 1.82. The zero-order chi connectivity index (χ0) is 16.7. The molecule has 2 aromatic rings. The first-order valence-corrected chi connectivity index (χ1v) is 8.54. The maximum atomic E-state index is 11.8. The predicted octanol–water partition coefficient (Wildman–Crippen LogP) is 5.47. The summed E-state index contributed by atoms with van der Waals surface area (Å²) in [5.74, 6) is -0.420. The zero-order valence-corrected chi connectivity index (χ0v) is 15.4. The maximum Gasteiger partial charge on any atom is 0.163 e. The Bertz CT molecular complexity index is 676. The number of allylic oxidation sites excluding steroid dienone is 2. The SMILES string of the molecule is O=C(/C=C/c1ccc(Br)cc1)CC(=O)/C=C/c1ccc(Br)cc1. The molecule has 2 nitrogen and oxygen atoms in total. The summed E-state index contributed by atoms with van der Waals surface area (Å²) in [5.41, 5.74) is 1.83. The minimum absolute atomic E-state index is 0.125. The van der Waals surface area contributed by atoms with E-state index >= 15 is 0 Å². The Balaban J connectivity index is 1.88. The topological polar surface area (TPSA) is 34.1 Å². The molecule has 116 valence electrons. The molecule has 0 aliphatic carbocycles. The third-order valence-electron chi connectivity index (χ3n) is 3.01. The largest absolute Gasteiger partial charge is 0.294 e. The Labute approximate surface area is 152 Å². The van der Waals surface area contributed by atoms with E-state index in [1.54, 1.807) is 12.2 Å². The standard InChI is InChI=1S/C19H14Br2O2/c20-16-7-1-14(2-8-16)5-11-18(22)13-19(23)12-6-15-3-9-17(21)10-4-15/h1-12H,13H2/b11-5+,12-6+. The first-order valence-electron chi connectivity index (χ1n) is 6.96. The van der Waals surface area contributed by atoms with E-state index in [4.69, 9.17) is 0 Å². The van der Waals surface area contributed by atoms with Crippen LogP contribution in [-0.4, -0.2) is 11.6 Å². The molecule has 2 aromatic carbocycles. The molecule has 2 rings (SSSR count). The van der Waals surface area contributed by atoms with Gasteiger partial charge in [0.1, 0.15) is 0 Å². The molecule has 0 unspecified atom stereocenters. The minimum Gasteiger partial charge on any atom is -0.294 e. The molecule has 0 aliphatic rings. The molecular weight excluding hydrogens is 420 g/mol. The molecule has 0 radical (unpaired) electrons. The number of benzene rings is 2. The van der Waals surface area contributed by atoms with Crippen LogP contribution >= 0.6 is 31.9 Å². The molecule has 0 heterocycles. The number of halogens is 2. The molecule has 23 heavy (non-hydrogen) atoms. The van der Waals surface area contributed by atoms with Crippen molar-refractivity contribution in [2.45, 2.75) is 6.42 Å². The van der Waals surface area contributed by atoms with E-state index in [0.717, 1.165) is 20.1 Å². The quantitative estimate of drug-likeness (QED) is 0.447. The summed E-state index contributed by atoms with van der Waals surface area (Å²) in [6, 6.07) is 15.2. The van der Waals surface area contributed by atoms with Gasteiger partial charge in [0, 0.05) is 8.95 Å². The van der Waals surface area contributed by atoms with Crippen LogP contribution in [0.2, 0.25) is 0 Å². The molecule has 0 amide bonds. The van der Waals surface area contributed by atoms with E-state index in [2.05, 4.69) is 31.9 Å². The van der Waals surface area contributed by atoms with Crippen LogP contribution in [0.5, 0.6) is 0 Å². The van der Waals surface area contributed by atoms with Gasteiger partial charge in [-0.1, -0.05) is 68.3 Å². The van der Waals surface area contributed by atoms with Gasteiger partial charge in [-0.15, -0.1) is 0 Å². The van der Waals surface area contributed by atoms with E-state index in [0.29, 0.717) is 0 Å². The second kappa shape index (κ2) is 8.75. The summed E-state index contributed by atoms with van der Waals surface area (Å²) < 4.78 is 1.96. The Kier molecular flexibility index (Phi) is 6.68. The number of hydrogen-bond donors (Lipinski definition) is 0. The van der Waals surface area contributed by atoms with E-state index < -0.39 is 0 Å². The summed E-state index contributed by atoms with van der Waals surface area (Å²) in [6.07, 6.45) is 6.17. The molecule has 0 bridgehead atoms. The van der Waals surface area contributed by atoms with Crippen LogP contribution < -0.4 is 0 Å². The molecule has 4 heteroatoms. The molecule has 0 N–H and O–H groups in total. The monoisotopic (exact) mass is 432 g/mol. The van der Waals surface area contributed by atoms with Crippen LogP contribution in [0.25, 0.3) is 12.2 Å². The molecule has 0 saturated heterocycles. The van der Waals surface area contributed by atoms with Gasteiger partial charge in [0.2, 0.25) is 0 Å². The molecule has 0 aliphatic heterocycles. The van der Waals surface area contributed by atoms with Gasteiger partial charge in [-0.3, -0.25) is 9.59 Å². The summed E-state index contributed by atoms with van der Waals surface area (Å²) in [4.78, 5) is 23.6. The van der Waals surface area contributed by atoms with Crippen molar-refractivity contribution in [3.8, 4) is 0 Å². The Morgan fingerprint density at radius 3 is 1.39 bits per heavy atom. The highest BCUT2D eigenvalue weighted by Gasteiger charge is 2.03. The van der Waals surface area contributed by atoms with Crippen LogP contribution in [0.15, 0.2) is 69.6 Å². The van der Waals surface area contributed by atoms with Crippen molar-refractivity contribution in [2.75, 3.05) is 0 Å². The normalized spacial score (nSPS) is 11.2. The lowest BCUT2D eigenvalue weighted by molar-refractivity contribution is -0.121. The highest BCUT2D eigenvalue weighted by atomic mass is 79.9. The van der Waals surface area contributed by atoms with Gasteiger partial charge < -0.3 is 0 Å². The van der Waals surface area contributed by atoms with E-state index in [9.17, 15) is 9.59 Å². The fourth-order valence-corrected chi connectivity index (χ4v) is 2.34. The maximum absolute atomic E-state index is 11.8. The molecule has 0 fully saturated rings. The molecular formula is C19H14Br2O2. The van der Waals surface area contributed by atoms with Crippen molar-refractivity contribution >= 4 is 55.6 Å². The van der Waals surface area contributed by atoms with E-state index in [-0.39, 0.29) is 18.0 Å². The van der Waals surface area contributed by atoms with Crippen LogP contribution in [0.1, 0.15) is 17.5 Å². The lowest BCUT2D eigenvalue weighted by atomic mass is 10.1. The summed E-state index contributed by atoms with van der Waals surface area (Å²) in [5, 5.41) is 0. The average molecular weight is 434 g/mol. The second-order valence-electron chi connectivity index (χ2n) is 4.88. The zero-order valence-electron chi connectivity index (χ0n) is 12.2. The lowest BCUT2D eigenvalue weighted by Gasteiger charge is -1.95. The van der Waals surface area contributed by atoms with Crippen LogP contribution in [0.4, 0.5) is 0 Å². The molecule has 0 spiro atoms. The van der Waals surface area contributed by atoms with Gasteiger partial charge in [0.15, 0.2) is 11.6 Å². The molecule has 0 saturated carbocycles. The minimum atomic E-state index is -0.210.